The summed E-state index contributed by atoms with van der Waals surface area (Å²) in [7, 11) is 0. The molecule has 1 rings (SSSR count). The van der Waals surface area contributed by atoms with Gasteiger partial charge in [-0.3, -0.25) is 4.79 Å². The summed E-state index contributed by atoms with van der Waals surface area (Å²) in [5.74, 6) is -0.339. The fraction of sp³-hybridized carbons (Fsp3) is 0.857. The van der Waals surface area contributed by atoms with E-state index < -0.39 is 18.0 Å². The van der Waals surface area contributed by atoms with E-state index >= 15 is 0 Å². The van der Waals surface area contributed by atoms with Crippen LogP contribution in [-0.2, 0) is 19.0 Å². The van der Waals surface area contributed by atoms with Gasteiger partial charge in [0.25, 0.3) is 0 Å². The molecule has 1 aliphatic carbocycles. The third-order valence-electron chi connectivity index (χ3n) is 2.87. The lowest BCUT2D eigenvalue weighted by Crippen LogP contribution is -2.30. The maximum atomic E-state index is 11.8. The summed E-state index contributed by atoms with van der Waals surface area (Å²) in [6.45, 7) is 6.75. The number of hydrogen-bond acceptors (Lipinski definition) is 5. The molecule has 0 aromatic rings. The summed E-state index contributed by atoms with van der Waals surface area (Å²) in [6.07, 6.45) is 3.27. The molecule has 19 heavy (non-hydrogen) atoms. The predicted octanol–water partition coefficient (Wildman–Crippen LogP) is 3.41. The summed E-state index contributed by atoms with van der Waals surface area (Å²) in [5, 5.41) is 0. The predicted molar refractivity (Wildman–Crippen MR) is 69.4 cm³/mol. The molecule has 1 aliphatic rings. The molecule has 0 aromatic carbocycles. The topological polar surface area (TPSA) is 61.8 Å². The number of carbonyl (C=O) groups excluding carboxylic acids is 2. The van der Waals surface area contributed by atoms with Crippen LogP contribution in [-0.4, -0.2) is 24.0 Å². The summed E-state index contributed by atoms with van der Waals surface area (Å²) in [5.41, 5.74) is -0.621. The fourth-order valence-corrected chi connectivity index (χ4v) is 2.03. The van der Waals surface area contributed by atoms with Crippen molar-refractivity contribution in [1.29, 1.82) is 0 Å². The zero-order valence-corrected chi connectivity index (χ0v) is 12.2. The minimum absolute atomic E-state index is 0.0570. The number of ether oxygens (including phenoxy) is 3. The first-order valence-electron chi connectivity index (χ1n) is 6.88. The highest BCUT2D eigenvalue weighted by molar-refractivity contribution is 5.72. The SMILES string of the molecule is CC(OC(=O)OC(C)(C)C)OC(=O)C1CCCCC1. The standard InChI is InChI=1S/C14H24O5/c1-10(18-13(16)19-14(2,3)4)17-12(15)11-8-6-5-7-9-11/h10-11H,5-9H2,1-4H3. The maximum Gasteiger partial charge on any atom is 0.511 e. The van der Waals surface area contributed by atoms with E-state index in [9.17, 15) is 9.59 Å². The Hall–Kier alpha value is -1.26. The van der Waals surface area contributed by atoms with Crippen LogP contribution in [0, 0.1) is 5.92 Å². The molecule has 0 spiro atoms. The Kier molecular flexibility index (Phi) is 5.63. The van der Waals surface area contributed by atoms with Crippen LogP contribution in [0.3, 0.4) is 0 Å². The van der Waals surface area contributed by atoms with Crippen molar-refractivity contribution in [3.05, 3.63) is 0 Å². The normalized spacial score (nSPS) is 18.5. The minimum atomic E-state index is -0.913. The van der Waals surface area contributed by atoms with Crippen LogP contribution in [0.2, 0.25) is 0 Å². The molecule has 1 atom stereocenters. The minimum Gasteiger partial charge on any atom is -0.428 e. The summed E-state index contributed by atoms with van der Waals surface area (Å²) >= 11 is 0. The van der Waals surface area contributed by atoms with E-state index in [1.807, 2.05) is 0 Å². The van der Waals surface area contributed by atoms with E-state index in [-0.39, 0.29) is 11.9 Å². The highest BCUT2D eigenvalue weighted by Gasteiger charge is 2.26. The second-order valence-corrected chi connectivity index (χ2v) is 5.92. The Morgan fingerprint density at radius 2 is 1.63 bits per heavy atom. The fourth-order valence-electron chi connectivity index (χ4n) is 2.03. The van der Waals surface area contributed by atoms with Gasteiger partial charge in [0.2, 0.25) is 6.29 Å². The van der Waals surface area contributed by atoms with E-state index in [4.69, 9.17) is 14.2 Å². The third-order valence-corrected chi connectivity index (χ3v) is 2.87. The highest BCUT2D eigenvalue weighted by atomic mass is 16.8. The molecule has 0 amide bonds. The second-order valence-electron chi connectivity index (χ2n) is 5.92. The molecule has 5 heteroatoms. The molecule has 0 radical (unpaired) electrons. The van der Waals surface area contributed by atoms with Gasteiger partial charge < -0.3 is 14.2 Å². The van der Waals surface area contributed by atoms with E-state index in [0.717, 1.165) is 25.7 Å². The number of esters is 1. The van der Waals surface area contributed by atoms with Gasteiger partial charge in [-0.1, -0.05) is 19.3 Å². The van der Waals surface area contributed by atoms with Gasteiger partial charge in [0.05, 0.1) is 5.92 Å². The van der Waals surface area contributed by atoms with E-state index in [2.05, 4.69) is 0 Å². The van der Waals surface area contributed by atoms with Gasteiger partial charge in [-0.05, 0) is 33.6 Å². The van der Waals surface area contributed by atoms with Crippen molar-refractivity contribution in [2.24, 2.45) is 5.92 Å². The van der Waals surface area contributed by atoms with Crippen molar-refractivity contribution in [2.45, 2.75) is 71.7 Å². The molecule has 1 unspecified atom stereocenters. The number of rotatable bonds is 3. The molecule has 0 aromatic heterocycles. The molecule has 0 bridgehead atoms. The largest absolute Gasteiger partial charge is 0.511 e. The first-order chi connectivity index (χ1) is 8.78. The lowest BCUT2D eigenvalue weighted by atomic mass is 9.89. The molecule has 0 aliphatic heterocycles. The monoisotopic (exact) mass is 272 g/mol. The molecule has 1 fully saturated rings. The van der Waals surface area contributed by atoms with Crippen LogP contribution in [0.4, 0.5) is 4.79 Å². The summed E-state index contributed by atoms with van der Waals surface area (Å²) in [4.78, 5) is 23.2. The van der Waals surface area contributed by atoms with Crippen molar-refractivity contribution < 1.29 is 23.8 Å². The average Bonchev–Trinajstić information content (AvgIpc) is 2.27. The third kappa shape index (κ3) is 6.45. The summed E-state index contributed by atoms with van der Waals surface area (Å²) in [6, 6.07) is 0. The Morgan fingerprint density at radius 1 is 1.05 bits per heavy atom. The maximum absolute atomic E-state index is 11.8. The molecule has 110 valence electrons. The second kappa shape index (κ2) is 6.78. The zero-order chi connectivity index (χ0) is 14.5. The van der Waals surface area contributed by atoms with Crippen LogP contribution in [0.1, 0.15) is 59.8 Å². The van der Waals surface area contributed by atoms with Crippen LogP contribution in [0.15, 0.2) is 0 Å². The van der Waals surface area contributed by atoms with Crippen LogP contribution < -0.4 is 0 Å². The van der Waals surface area contributed by atoms with Crippen LogP contribution in [0.25, 0.3) is 0 Å². The molecule has 5 nitrogen and oxygen atoms in total. The van der Waals surface area contributed by atoms with Gasteiger partial charge in [-0.15, -0.1) is 0 Å². The Balaban J connectivity index is 2.31. The van der Waals surface area contributed by atoms with E-state index in [0.29, 0.717) is 0 Å². The van der Waals surface area contributed by atoms with Crippen molar-refractivity contribution in [3.63, 3.8) is 0 Å². The number of hydrogen-bond donors (Lipinski definition) is 0. The first kappa shape index (κ1) is 15.8. The molecule has 0 saturated heterocycles. The first-order valence-corrected chi connectivity index (χ1v) is 6.88. The lowest BCUT2D eigenvalue weighted by molar-refractivity contribution is -0.175. The van der Waals surface area contributed by atoms with Crippen molar-refractivity contribution in [2.75, 3.05) is 0 Å². The van der Waals surface area contributed by atoms with Crippen molar-refractivity contribution >= 4 is 12.1 Å². The Labute approximate surface area is 114 Å². The van der Waals surface area contributed by atoms with Gasteiger partial charge in [0, 0.05) is 6.92 Å². The smallest absolute Gasteiger partial charge is 0.428 e. The molecule has 0 heterocycles. The zero-order valence-electron chi connectivity index (χ0n) is 12.2. The quantitative estimate of drug-likeness (QED) is 0.582. The van der Waals surface area contributed by atoms with Gasteiger partial charge in [-0.25, -0.2) is 4.79 Å². The van der Waals surface area contributed by atoms with Crippen molar-refractivity contribution in [3.8, 4) is 0 Å². The lowest BCUT2D eigenvalue weighted by Gasteiger charge is -2.23. The molecule has 1 saturated carbocycles. The van der Waals surface area contributed by atoms with Gasteiger partial charge in [0.15, 0.2) is 0 Å². The Bertz CT molecular complexity index is 312. The van der Waals surface area contributed by atoms with Gasteiger partial charge in [0.1, 0.15) is 5.60 Å². The van der Waals surface area contributed by atoms with Crippen molar-refractivity contribution in [1.82, 2.24) is 0 Å². The van der Waals surface area contributed by atoms with Gasteiger partial charge in [-0.2, -0.15) is 0 Å². The highest BCUT2D eigenvalue weighted by Crippen LogP contribution is 2.25. The van der Waals surface area contributed by atoms with E-state index in [1.54, 1.807) is 20.8 Å². The average molecular weight is 272 g/mol. The molecule has 0 N–H and O–H groups in total. The van der Waals surface area contributed by atoms with E-state index in [1.165, 1.54) is 13.3 Å². The Morgan fingerprint density at radius 3 is 2.16 bits per heavy atom. The molecular weight excluding hydrogens is 248 g/mol. The van der Waals surface area contributed by atoms with Crippen LogP contribution in [0.5, 0.6) is 0 Å². The summed E-state index contributed by atoms with van der Waals surface area (Å²) < 4.78 is 15.0. The van der Waals surface area contributed by atoms with Crippen LogP contribution >= 0.6 is 0 Å². The molecular formula is C14H24O5. The number of carbonyl (C=O) groups is 2. The van der Waals surface area contributed by atoms with Gasteiger partial charge >= 0.3 is 12.1 Å².